The highest BCUT2D eigenvalue weighted by Crippen LogP contribution is 2.28. The summed E-state index contributed by atoms with van der Waals surface area (Å²) in [6.07, 6.45) is 1.09. The number of benzene rings is 2. The topological polar surface area (TPSA) is 67.6 Å². The summed E-state index contributed by atoms with van der Waals surface area (Å²) in [5, 5.41) is 9.08. The van der Waals surface area contributed by atoms with Gasteiger partial charge in [0.1, 0.15) is 18.1 Å². The summed E-state index contributed by atoms with van der Waals surface area (Å²) in [7, 11) is 0. The van der Waals surface area contributed by atoms with E-state index in [1.807, 2.05) is 37.3 Å². The lowest BCUT2D eigenvalue weighted by molar-refractivity contribution is 0.102. The number of rotatable bonds is 6. The van der Waals surface area contributed by atoms with Crippen LogP contribution in [0.4, 0.5) is 11.4 Å². The van der Waals surface area contributed by atoms with Gasteiger partial charge < -0.3 is 19.5 Å². The molecule has 0 fully saturated rings. The lowest BCUT2D eigenvalue weighted by Gasteiger charge is -2.29. The normalized spacial score (nSPS) is 13.0. The number of anilines is 2. The van der Waals surface area contributed by atoms with E-state index in [0.29, 0.717) is 17.9 Å². The first-order valence-corrected chi connectivity index (χ1v) is 11.8. The van der Waals surface area contributed by atoms with Gasteiger partial charge >= 0.3 is 0 Å². The number of nitrogens with zero attached hydrogens (tertiary/aromatic N) is 2. The average Bonchev–Trinajstić information content (AvgIpc) is 3.44. The number of hydrogen-bond donors (Lipinski definition) is 1. The van der Waals surface area contributed by atoms with Gasteiger partial charge in [-0.1, -0.05) is 5.16 Å². The summed E-state index contributed by atoms with van der Waals surface area (Å²) in [5.74, 6) is 1.29. The molecular weight excluding hydrogens is 434 g/mol. The first kappa shape index (κ1) is 21.3. The van der Waals surface area contributed by atoms with Crippen molar-refractivity contribution < 1.29 is 14.1 Å². The first-order chi connectivity index (χ1) is 16.1. The van der Waals surface area contributed by atoms with Gasteiger partial charge in [0.25, 0.3) is 5.91 Å². The zero-order valence-electron chi connectivity index (χ0n) is 18.6. The van der Waals surface area contributed by atoms with Crippen LogP contribution < -0.4 is 15.0 Å². The lowest BCUT2D eigenvalue weighted by Crippen LogP contribution is -2.29. The average molecular weight is 460 g/mol. The van der Waals surface area contributed by atoms with Crippen molar-refractivity contribution >= 4 is 28.6 Å². The Morgan fingerprint density at radius 3 is 2.64 bits per heavy atom. The highest BCUT2D eigenvalue weighted by atomic mass is 32.1. The number of aromatic nitrogens is 1. The molecule has 0 saturated carbocycles. The zero-order chi connectivity index (χ0) is 22.8. The third-order valence-corrected chi connectivity index (χ3v) is 7.00. The maximum atomic E-state index is 12.7. The van der Waals surface area contributed by atoms with E-state index in [1.54, 1.807) is 24.3 Å². The number of thiophene rings is 1. The molecule has 0 spiro atoms. The van der Waals surface area contributed by atoms with E-state index in [-0.39, 0.29) is 5.91 Å². The molecule has 1 N–H and O–H groups in total. The minimum Gasteiger partial charge on any atom is -0.489 e. The summed E-state index contributed by atoms with van der Waals surface area (Å²) < 4.78 is 11.0. The molecule has 0 atom stereocenters. The Hall–Kier alpha value is -3.58. The molecule has 0 aliphatic carbocycles. The van der Waals surface area contributed by atoms with Gasteiger partial charge in [-0.15, -0.1) is 11.3 Å². The van der Waals surface area contributed by atoms with Gasteiger partial charge in [-0.2, -0.15) is 0 Å². The Morgan fingerprint density at radius 2 is 1.91 bits per heavy atom. The first-order valence-electron chi connectivity index (χ1n) is 10.9. The molecule has 3 heterocycles. The molecule has 0 bridgehead atoms. The quantitative estimate of drug-likeness (QED) is 0.398. The van der Waals surface area contributed by atoms with Crippen LogP contribution in [0.5, 0.6) is 5.75 Å². The number of amides is 1. The maximum Gasteiger partial charge on any atom is 0.255 e. The van der Waals surface area contributed by atoms with E-state index in [1.165, 1.54) is 16.1 Å². The Labute approximate surface area is 196 Å². The van der Waals surface area contributed by atoms with Crippen molar-refractivity contribution in [3.8, 4) is 5.75 Å². The summed E-state index contributed by atoms with van der Waals surface area (Å²) in [4.78, 5) is 16.5. The van der Waals surface area contributed by atoms with Crippen LogP contribution in [0.25, 0.3) is 0 Å². The van der Waals surface area contributed by atoms with Crippen LogP contribution in [0.3, 0.4) is 0 Å². The summed E-state index contributed by atoms with van der Waals surface area (Å²) in [5.41, 5.74) is 5.71. The van der Waals surface area contributed by atoms with E-state index in [9.17, 15) is 4.79 Å². The summed E-state index contributed by atoms with van der Waals surface area (Å²) in [6.45, 7) is 6.09. The van der Waals surface area contributed by atoms with Crippen molar-refractivity contribution in [3.63, 3.8) is 0 Å². The number of aryl methyl sites for hydroxylation is 2. The van der Waals surface area contributed by atoms with Crippen molar-refractivity contribution in [1.29, 1.82) is 0 Å². The molecule has 1 aliphatic heterocycles. The van der Waals surface area contributed by atoms with Crippen LogP contribution in [0.15, 0.2) is 64.5 Å². The molecule has 4 aromatic rings. The fourth-order valence-corrected chi connectivity index (χ4v) is 4.88. The highest BCUT2D eigenvalue weighted by molar-refractivity contribution is 7.10. The third kappa shape index (κ3) is 4.64. The van der Waals surface area contributed by atoms with Crippen LogP contribution >= 0.6 is 11.3 Å². The monoisotopic (exact) mass is 459 g/mol. The van der Waals surface area contributed by atoms with Crippen molar-refractivity contribution in [1.82, 2.24) is 5.16 Å². The van der Waals surface area contributed by atoms with E-state index in [2.05, 4.69) is 39.0 Å². The summed E-state index contributed by atoms with van der Waals surface area (Å²) >= 11 is 1.85. The molecule has 33 heavy (non-hydrogen) atoms. The second-order valence-electron chi connectivity index (χ2n) is 8.16. The van der Waals surface area contributed by atoms with Crippen LogP contribution in [0.2, 0.25) is 0 Å². The third-order valence-electron chi connectivity index (χ3n) is 5.98. The van der Waals surface area contributed by atoms with E-state index in [4.69, 9.17) is 9.26 Å². The standard InChI is InChI=1S/C26H25N3O3S/c1-17-24(18(2)32-28-17)16-31-23-9-3-19(4-10-23)26(30)27-21-5-7-22(8-6-21)29-13-11-25-20(15-29)12-14-33-25/h3-10,12,14H,11,13,15-16H2,1-2H3,(H,27,30). The molecule has 168 valence electrons. The molecule has 0 saturated heterocycles. The van der Waals surface area contributed by atoms with Gasteiger partial charge in [0.15, 0.2) is 0 Å². The van der Waals surface area contributed by atoms with E-state index < -0.39 is 0 Å². The highest BCUT2D eigenvalue weighted by Gasteiger charge is 2.17. The largest absolute Gasteiger partial charge is 0.489 e. The number of nitrogens with one attached hydrogen (secondary N) is 1. The molecule has 7 heteroatoms. The van der Waals surface area contributed by atoms with E-state index in [0.717, 1.165) is 42.2 Å². The fraction of sp³-hybridized carbons (Fsp3) is 0.231. The molecule has 1 amide bonds. The molecule has 0 unspecified atom stereocenters. The predicted octanol–water partition coefficient (Wildman–Crippen LogP) is 5.75. The van der Waals surface area contributed by atoms with Gasteiger partial charge in [0, 0.05) is 34.9 Å². The van der Waals surface area contributed by atoms with Crippen molar-refractivity contribution in [3.05, 3.63) is 93.0 Å². The Bertz CT molecular complexity index is 1240. The molecule has 6 nitrogen and oxygen atoms in total. The van der Waals surface area contributed by atoms with Crippen molar-refractivity contribution in [2.45, 2.75) is 33.4 Å². The maximum absolute atomic E-state index is 12.7. The zero-order valence-corrected chi connectivity index (χ0v) is 19.4. The van der Waals surface area contributed by atoms with Crippen LogP contribution in [-0.4, -0.2) is 17.6 Å². The van der Waals surface area contributed by atoms with Crippen LogP contribution in [-0.2, 0) is 19.6 Å². The van der Waals surface area contributed by atoms with Gasteiger partial charge in [-0.3, -0.25) is 4.79 Å². The predicted molar refractivity (Wildman–Crippen MR) is 130 cm³/mol. The molecule has 2 aromatic carbocycles. The lowest BCUT2D eigenvalue weighted by atomic mass is 10.1. The second kappa shape index (κ2) is 9.11. The number of ether oxygens (including phenoxy) is 1. The fourth-order valence-electron chi connectivity index (χ4n) is 3.99. The Balaban J connectivity index is 1.17. The van der Waals surface area contributed by atoms with Crippen molar-refractivity contribution in [2.75, 3.05) is 16.8 Å². The number of carbonyl (C=O) groups is 1. The van der Waals surface area contributed by atoms with E-state index >= 15 is 0 Å². The Kier molecular flexibility index (Phi) is 5.88. The van der Waals surface area contributed by atoms with Gasteiger partial charge in [0.2, 0.25) is 0 Å². The minimum atomic E-state index is -0.152. The molecule has 1 aliphatic rings. The molecular formula is C26H25N3O3S. The van der Waals surface area contributed by atoms with Gasteiger partial charge in [-0.25, -0.2) is 0 Å². The number of fused-ring (bicyclic) bond motifs is 1. The molecule has 2 aromatic heterocycles. The molecule has 0 radical (unpaired) electrons. The minimum absolute atomic E-state index is 0.152. The Morgan fingerprint density at radius 1 is 1.12 bits per heavy atom. The molecule has 5 rings (SSSR count). The smallest absolute Gasteiger partial charge is 0.255 e. The van der Waals surface area contributed by atoms with Crippen LogP contribution in [0.1, 0.15) is 37.8 Å². The second-order valence-corrected chi connectivity index (χ2v) is 9.16. The number of carbonyl (C=O) groups excluding carboxylic acids is 1. The SMILES string of the molecule is Cc1noc(C)c1COc1ccc(C(=O)Nc2ccc(N3CCc4sccc4C3)cc2)cc1. The summed E-state index contributed by atoms with van der Waals surface area (Å²) in [6, 6.07) is 17.4. The van der Waals surface area contributed by atoms with Crippen molar-refractivity contribution in [2.24, 2.45) is 0 Å². The van der Waals surface area contributed by atoms with Gasteiger partial charge in [-0.05, 0) is 85.8 Å². The van der Waals surface area contributed by atoms with Crippen LogP contribution in [0, 0.1) is 13.8 Å². The van der Waals surface area contributed by atoms with Gasteiger partial charge in [0.05, 0.1) is 11.3 Å². The number of hydrogen-bond acceptors (Lipinski definition) is 6.